The Hall–Kier alpha value is -6.56. The highest BCUT2D eigenvalue weighted by Gasteiger charge is 2.41. The molecule has 1 aliphatic heterocycles. The quantitative estimate of drug-likeness (QED) is 0.0229. The summed E-state index contributed by atoms with van der Waals surface area (Å²) in [5, 5.41) is 45.1. The zero-order chi connectivity index (χ0) is 50.0. The van der Waals surface area contributed by atoms with Crippen LogP contribution in [-0.4, -0.2) is 147 Å². The molecular formula is C42H68N12O12. The molecule has 8 amide bonds. The van der Waals surface area contributed by atoms with E-state index >= 15 is 0 Å². The Balaban J connectivity index is 2.27. The van der Waals surface area contributed by atoms with Gasteiger partial charge in [0.05, 0.1) is 18.2 Å². The maximum Gasteiger partial charge on any atom is 0.303 e. The molecule has 1 aromatic carbocycles. The average Bonchev–Trinajstić information content (AvgIpc) is 3.58. The van der Waals surface area contributed by atoms with Crippen LogP contribution in [-0.2, 0) is 49.6 Å². The molecule has 1 saturated heterocycles. The predicted molar refractivity (Wildman–Crippen MR) is 239 cm³/mol. The lowest BCUT2D eigenvalue weighted by atomic mass is 10.00. The van der Waals surface area contributed by atoms with Crippen LogP contribution >= 0.6 is 0 Å². The Kier molecular flexibility index (Phi) is 22.2. The highest BCUT2D eigenvalue weighted by atomic mass is 16.4. The van der Waals surface area contributed by atoms with Gasteiger partial charge in [0.1, 0.15) is 42.0 Å². The van der Waals surface area contributed by atoms with Gasteiger partial charge in [-0.1, -0.05) is 39.8 Å². The molecule has 0 radical (unpaired) electrons. The summed E-state index contributed by atoms with van der Waals surface area (Å²) in [5.41, 5.74) is 22.6. The number of nitrogens with zero attached hydrogens (tertiary/aromatic N) is 2. The van der Waals surface area contributed by atoms with Gasteiger partial charge >= 0.3 is 5.97 Å². The van der Waals surface area contributed by atoms with Crippen LogP contribution < -0.4 is 54.8 Å². The fourth-order valence-corrected chi connectivity index (χ4v) is 6.88. The van der Waals surface area contributed by atoms with Crippen LogP contribution in [0.15, 0.2) is 29.3 Å². The van der Waals surface area contributed by atoms with Gasteiger partial charge in [-0.2, -0.15) is 0 Å². The van der Waals surface area contributed by atoms with Crippen molar-refractivity contribution in [3.63, 3.8) is 0 Å². The number of hydrogen-bond donors (Lipinski definition) is 13. The Morgan fingerprint density at radius 2 is 1.36 bits per heavy atom. The summed E-state index contributed by atoms with van der Waals surface area (Å²) in [6, 6.07) is -4.19. The number of carbonyl (C=O) groups excluding carboxylic acids is 8. The van der Waals surface area contributed by atoms with E-state index < -0.39 is 126 Å². The number of hydrogen-bond acceptors (Lipinski definition) is 13. The number of aliphatic carboxylic acids is 1. The maximum atomic E-state index is 13.8. The summed E-state index contributed by atoms with van der Waals surface area (Å²) in [5.74, 6) is -8.53. The van der Waals surface area contributed by atoms with Crippen molar-refractivity contribution in [3.8, 4) is 5.75 Å². The van der Waals surface area contributed by atoms with Crippen molar-refractivity contribution >= 4 is 59.2 Å². The van der Waals surface area contributed by atoms with Crippen molar-refractivity contribution in [2.45, 2.75) is 141 Å². The summed E-state index contributed by atoms with van der Waals surface area (Å²) < 4.78 is 0. The molecule has 1 aliphatic rings. The third-order valence-electron chi connectivity index (χ3n) is 10.6. The molecule has 0 aromatic heterocycles. The zero-order valence-corrected chi connectivity index (χ0v) is 38.2. The number of carboxylic acids is 1. The number of aromatic hydroxyl groups is 1. The van der Waals surface area contributed by atoms with Crippen LogP contribution in [0.3, 0.4) is 0 Å². The molecule has 0 saturated carbocycles. The topological polar surface area (TPSA) is 406 Å². The molecule has 2 rings (SSSR count). The number of phenols is 1. The SMILES string of the molecule is CC(C)C[C@H](C(=O)N[C@H](C)C(N)=O)N1C[C@@H](NC(=O)[C@@H](CCC(=O)O)NC(=O)[C@H](NC(=O)[C@H](NC(=O)[C@@H](Cc2ccc(O)cc2)NC(=O)[C@H](N)CCCN=C(N)N)C(C)O)C(C)C)CC1=O. The number of amides is 8. The number of guanidine groups is 1. The van der Waals surface area contributed by atoms with E-state index in [4.69, 9.17) is 22.9 Å². The molecule has 0 spiro atoms. The number of carboxylic acid groups (broad SMARTS) is 1. The molecule has 9 atom stereocenters. The third kappa shape index (κ3) is 18.5. The fourth-order valence-electron chi connectivity index (χ4n) is 6.88. The second-order valence-corrected chi connectivity index (χ2v) is 17.2. The van der Waals surface area contributed by atoms with Gasteiger partial charge in [-0.3, -0.25) is 48.1 Å². The molecule has 1 heterocycles. The third-order valence-corrected chi connectivity index (χ3v) is 10.6. The maximum absolute atomic E-state index is 13.8. The summed E-state index contributed by atoms with van der Waals surface area (Å²) >= 11 is 0. The minimum Gasteiger partial charge on any atom is -0.508 e. The van der Waals surface area contributed by atoms with Crippen molar-refractivity contribution in [1.82, 2.24) is 36.8 Å². The average molecular weight is 933 g/mol. The summed E-state index contributed by atoms with van der Waals surface area (Å²) in [4.78, 5) is 123. The lowest BCUT2D eigenvalue weighted by Gasteiger charge is -2.30. The highest BCUT2D eigenvalue weighted by Crippen LogP contribution is 2.21. The molecule has 1 fully saturated rings. The van der Waals surface area contributed by atoms with Gasteiger partial charge in [-0.15, -0.1) is 0 Å². The van der Waals surface area contributed by atoms with Crippen LogP contribution in [0.25, 0.3) is 0 Å². The molecule has 66 heavy (non-hydrogen) atoms. The number of carbonyl (C=O) groups is 9. The van der Waals surface area contributed by atoms with E-state index in [1.54, 1.807) is 13.8 Å². The molecule has 0 bridgehead atoms. The lowest BCUT2D eigenvalue weighted by molar-refractivity contribution is -0.139. The van der Waals surface area contributed by atoms with Gasteiger partial charge in [0.2, 0.25) is 47.3 Å². The Bertz CT molecular complexity index is 1910. The number of aliphatic hydroxyl groups is 1. The molecule has 24 heteroatoms. The minimum absolute atomic E-state index is 0.0558. The van der Waals surface area contributed by atoms with Crippen molar-refractivity contribution in [1.29, 1.82) is 0 Å². The van der Waals surface area contributed by atoms with Crippen LogP contribution in [0.1, 0.15) is 85.6 Å². The number of likely N-dealkylation sites (tertiary alicyclic amines) is 1. The number of aliphatic imine (C=N–C) groups is 1. The number of primary amides is 1. The first kappa shape index (κ1) is 55.6. The normalized spacial score (nSPS) is 17.2. The monoisotopic (exact) mass is 933 g/mol. The molecule has 24 nitrogen and oxygen atoms in total. The Labute approximate surface area is 383 Å². The number of benzene rings is 1. The van der Waals surface area contributed by atoms with Crippen molar-refractivity contribution in [2.75, 3.05) is 13.1 Å². The summed E-state index contributed by atoms with van der Waals surface area (Å²) in [6.07, 6.45) is -2.20. The van der Waals surface area contributed by atoms with E-state index in [1.165, 1.54) is 43.0 Å². The van der Waals surface area contributed by atoms with E-state index in [0.29, 0.717) is 12.0 Å². The van der Waals surface area contributed by atoms with E-state index in [2.05, 4.69) is 36.9 Å². The smallest absolute Gasteiger partial charge is 0.303 e. The first-order valence-electron chi connectivity index (χ1n) is 21.7. The van der Waals surface area contributed by atoms with Gasteiger partial charge in [0, 0.05) is 32.4 Å². The number of rotatable bonds is 27. The van der Waals surface area contributed by atoms with Gasteiger partial charge in [0.25, 0.3) is 0 Å². The largest absolute Gasteiger partial charge is 0.508 e. The predicted octanol–water partition coefficient (Wildman–Crippen LogP) is -3.72. The lowest BCUT2D eigenvalue weighted by Crippen LogP contribution is -2.62. The number of phenolic OH excluding ortho intramolecular Hbond substituents is 1. The molecule has 17 N–H and O–H groups in total. The first-order valence-corrected chi connectivity index (χ1v) is 21.7. The van der Waals surface area contributed by atoms with Gasteiger partial charge < -0.3 is 75.1 Å². The van der Waals surface area contributed by atoms with Crippen molar-refractivity contribution in [2.24, 2.45) is 39.8 Å². The minimum atomic E-state index is -1.70. The molecule has 368 valence electrons. The van der Waals surface area contributed by atoms with Gasteiger partial charge in [0.15, 0.2) is 5.96 Å². The molecular weight excluding hydrogens is 865 g/mol. The fraction of sp³-hybridized carbons (Fsp3) is 0.619. The van der Waals surface area contributed by atoms with Crippen LogP contribution in [0.2, 0.25) is 0 Å². The Morgan fingerprint density at radius 1 is 0.773 bits per heavy atom. The second-order valence-electron chi connectivity index (χ2n) is 17.2. The molecule has 1 unspecified atom stereocenters. The Morgan fingerprint density at radius 3 is 1.91 bits per heavy atom. The summed E-state index contributed by atoms with van der Waals surface area (Å²) in [7, 11) is 0. The van der Waals surface area contributed by atoms with Gasteiger partial charge in [-0.05, 0) is 69.1 Å². The standard InChI is InChI=1S/C42H68N12O12/c1-20(2)16-30(39(64)48-22(5)35(44)60)54-19-25(18-31(54)57)49-37(62)28(13-14-32(58)59)50-40(65)33(21(3)4)52-41(66)34(23(6)55)53-38(63)29(17-24-9-11-26(56)12-10-24)51-36(61)27(43)8-7-15-47-42(45)46/h9-12,20-23,25,27-30,33-34,55-56H,7-8,13-19,43H2,1-6H3,(H2,44,60)(H,48,64)(H,49,62)(H,50,65)(H,51,61)(H,52,66)(H,53,63)(H,58,59)(H4,45,46,47)/t22-,23?,25+,27-,28-,29-,30-,33-,34-/m1/s1. The van der Waals surface area contributed by atoms with Gasteiger partial charge in [-0.25, -0.2) is 0 Å². The van der Waals surface area contributed by atoms with E-state index in [1.807, 2.05) is 13.8 Å². The van der Waals surface area contributed by atoms with Crippen molar-refractivity contribution < 1.29 is 58.5 Å². The highest BCUT2D eigenvalue weighted by molar-refractivity contribution is 5.97. The van der Waals surface area contributed by atoms with E-state index in [9.17, 15) is 58.5 Å². The molecule has 0 aliphatic carbocycles. The molecule has 1 aromatic rings. The first-order chi connectivity index (χ1) is 30.8. The number of aliphatic hydroxyl groups excluding tert-OH is 1. The zero-order valence-electron chi connectivity index (χ0n) is 38.2. The van der Waals surface area contributed by atoms with Crippen LogP contribution in [0.4, 0.5) is 0 Å². The van der Waals surface area contributed by atoms with E-state index in [0.717, 1.165) is 0 Å². The van der Waals surface area contributed by atoms with Crippen molar-refractivity contribution in [3.05, 3.63) is 29.8 Å². The second kappa shape index (κ2) is 26.4. The summed E-state index contributed by atoms with van der Waals surface area (Å²) in [6.45, 7) is 9.46. The number of nitrogens with one attached hydrogen (secondary N) is 6. The van der Waals surface area contributed by atoms with Crippen LogP contribution in [0, 0.1) is 11.8 Å². The van der Waals surface area contributed by atoms with E-state index in [-0.39, 0.29) is 56.4 Å². The van der Waals surface area contributed by atoms with Crippen LogP contribution in [0.5, 0.6) is 5.75 Å². The number of nitrogens with two attached hydrogens (primary N) is 4.